The van der Waals surface area contributed by atoms with Gasteiger partial charge < -0.3 is 0 Å². The van der Waals surface area contributed by atoms with Gasteiger partial charge in [0.05, 0.1) is 0 Å². The van der Waals surface area contributed by atoms with Gasteiger partial charge in [-0.15, -0.1) is 21.9 Å². The van der Waals surface area contributed by atoms with Crippen LogP contribution in [-0.4, -0.2) is 13.3 Å². The van der Waals surface area contributed by atoms with E-state index >= 15 is 35.1 Å². The molecule has 0 saturated heterocycles. The van der Waals surface area contributed by atoms with Crippen LogP contribution in [-0.2, 0) is 29.7 Å². The maximum absolute atomic E-state index is 15.4. The van der Waals surface area contributed by atoms with E-state index in [-0.39, 0.29) is 0 Å². The molecule has 0 saturated carbocycles. The Bertz CT molecular complexity index is 2560. The Morgan fingerprint density at radius 1 is 0.373 bits per heavy atom. The Balaban J connectivity index is 0.000000279. The first-order valence-corrected chi connectivity index (χ1v) is 22.4. The molecule has 0 N–H and O–H groups in total. The van der Waals surface area contributed by atoms with Gasteiger partial charge in [-0.1, -0.05) is 0 Å². The van der Waals surface area contributed by atoms with Crippen molar-refractivity contribution in [1.82, 2.24) is 0 Å². The van der Waals surface area contributed by atoms with E-state index < -0.39 is 161 Å². The molecule has 0 atom stereocenters. The number of halogens is 20. The van der Waals surface area contributed by atoms with Gasteiger partial charge in [-0.05, 0) is 0 Å². The third kappa shape index (κ3) is 8.34. The molecule has 1 aliphatic carbocycles. The van der Waals surface area contributed by atoms with Gasteiger partial charge in [0.1, 0.15) is 52.7 Å². The van der Waals surface area contributed by atoms with E-state index in [4.69, 9.17) is 3.32 Å². The summed E-state index contributed by atoms with van der Waals surface area (Å²) in [5, 5.41) is 0. The van der Waals surface area contributed by atoms with Crippen LogP contribution in [0.15, 0.2) is 82.8 Å². The number of benzene rings is 6. The maximum atomic E-state index is 15.4. The van der Waals surface area contributed by atoms with Crippen LogP contribution in [0.25, 0.3) is 0 Å². The Hall–Kier alpha value is -5.86. The molecule has 6 aromatic carbocycles. The molecule has 0 fully saturated rings. The second-order valence-corrected chi connectivity index (χ2v) is 20.5. The average Bonchev–Trinajstić information content (AvgIpc) is 3.88. The summed E-state index contributed by atoms with van der Waals surface area (Å²) in [5.41, 5.74) is -11.5. The van der Waals surface area contributed by atoms with Crippen LogP contribution < -0.4 is 21.9 Å². The minimum Gasteiger partial charge on any atom is -0.207 e. The molecule has 0 radical (unpaired) electrons. The smallest absolute Gasteiger partial charge is 0.200 e. The second-order valence-electron chi connectivity index (χ2n) is 14.6. The van der Waals surface area contributed by atoms with Crippen molar-refractivity contribution < 1.29 is 108 Å². The predicted molar refractivity (Wildman–Crippen MR) is 198 cm³/mol. The van der Waals surface area contributed by atoms with Gasteiger partial charge in [-0.3, -0.25) is 0 Å². The molecular formula is C44H22BF20OTi-. The van der Waals surface area contributed by atoms with Crippen molar-refractivity contribution in [3.8, 4) is 0 Å². The van der Waals surface area contributed by atoms with Gasteiger partial charge in [-0.2, -0.15) is 0 Å². The van der Waals surface area contributed by atoms with Gasteiger partial charge in [0.2, 0.25) is 0 Å². The Morgan fingerprint density at radius 2 is 0.612 bits per heavy atom. The molecular weight excluding hydrogens is 983 g/mol. The van der Waals surface area contributed by atoms with Crippen molar-refractivity contribution in [2.75, 3.05) is 7.11 Å². The molecule has 1 nitrogen and oxygen atoms in total. The summed E-state index contributed by atoms with van der Waals surface area (Å²) < 4.78 is 304. The van der Waals surface area contributed by atoms with Crippen LogP contribution in [0.2, 0.25) is 0 Å². The Kier molecular flexibility index (Phi) is 14.6. The minimum absolute atomic E-state index is 1.06. The first-order valence-electron chi connectivity index (χ1n) is 18.7. The molecule has 0 aliphatic heterocycles. The molecule has 7 rings (SSSR count). The first kappa shape index (κ1) is 50.5. The number of hydrogen-bond acceptors (Lipinski definition) is 1. The predicted octanol–water partition coefficient (Wildman–Crippen LogP) is 10.8. The van der Waals surface area contributed by atoms with Crippen molar-refractivity contribution in [1.29, 1.82) is 0 Å². The summed E-state index contributed by atoms with van der Waals surface area (Å²) in [7, 11) is 1.92. The van der Waals surface area contributed by atoms with Crippen molar-refractivity contribution in [3.05, 3.63) is 210 Å². The fraction of sp³-hybridized carbons (Fsp3) is 0.0909. The number of allylic oxidation sites excluding steroid dienone is 4. The normalized spacial score (nSPS) is 12.7. The molecule has 0 bridgehead atoms. The van der Waals surface area contributed by atoms with Crippen LogP contribution >= 0.6 is 0 Å². The molecule has 352 valence electrons. The Morgan fingerprint density at radius 3 is 0.821 bits per heavy atom. The van der Waals surface area contributed by atoms with Crippen LogP contribution in [0.1, 0.15) is 17.5 Å². The molecule has 6 aromatic rings. The fourth-order valence-electron chi connectivity index (χ4n) is 8.08. The van der Waals surface area contributed by atoms with Gasteiger partial charge >= 0.3 is 137 Å². The summed E-state index contributed by atoms with van der Waals surface area (Å²) in [6.07, 6.45) is 0.586. The van der Waals surface area contributed by atoms with E-state index in [9.17, 15) is 52.7 Å². The van der Waals surface area contributed by atoms with E-state index in [0.29, 0.717) is 0 Å². The SMILES string of the molecule is C[O][Ti]([CH2]c1ccccc1)([CH2]c1ccccc1)[C]1=CC=CC1.Fc1c(F)c(F)c([B-](c2c(F)c(F)c(F)c(F)c2F)(c2c(F)c(F)c(F)c(F)c2F)c2c(F)c(F)c(F)c(F)c2F)c(F)c1F. The number of rotatable bonds is 10. The zero-order valence-corrected chi connectivity index (χ0v) is 34.7. The zero-order valence-electron chi connectivity index (χ0n) is 33.2. The zero-order chi connectivity index (χ0) is 49.6. The summed E-state index contributed by atoms with van der Waals surface area (Å²) >= 11 is -2.63. The monoisotopic (exact) mass is 1010 g/mol. The second kappa shape index (κ2) is 19.4. The van der Waals surface area contributed by atoms with Crippen molar-refractivity contribution >= 4 is 28.0 Å². The number of hydrogen-bond donors (Lipinski definition) is 0. The maximum Gasteiger partial charge on any atom is 0.200 e. The minimum atomic E-state index is -7.22. The molecule has 0 heterocycles. The average molecular weight is 1010 g/mol. The quantitative estimate of drug-likeness (QED) is 0.0575. The summed E-state index contributed by atoms with van der Waals surface area (Å²) in [6, 6.07) is 21.6. The van der Waals surface area contributed by atoms with E-state index in [2.05, 4.69) is 78.9 Å². The Labute approximate surface area is 368 Å². The largest absolute Gasteiger partial charge is 0.207 e. The molecule has 1 aliphatic rings. The van der Waals surface area contributed by atoms with Crippen LogP contribution in [0.5, 0.6) is 0 Å². The fourth-order valence-corrected chi connectivity index (χ4v) is 14.0. The van der Waals surface area contributed by atoms with E-state index in [1.165, 1.54) is 11.1 Å². The molecule has 0 amide bonds. The molecule has 67 heavy (non-hydrogen) atoms. The van der Waals surface area contributed by atoms with Crippen molar-refractivity contribution in [2.24, 2.45) is 0 Å². The molecule has 0 aromatic heterocycles. The van der Waals surface area contributed by atoms with Crippen LogP contribution in [0.3, 0.4) is 0 Å². The molecule has 0 spiro atoms. The van der Waals surface area contributed by atoms with Gasteiger partial charge in [0, 0.05) is 0 Å². The van der Waals surface area contributed by atoms with E-state index in [1.54, 1.807) is 3.88 Å². The molecule has 23 heteroatoms. The third-order valence-electron chi connectivity index (χ3n) is 11.1. The van der Waals surface area contributed by atoms with Gasteiger partial charge in [0.15, 0.2) is 69.8 Å². The van der Waals surface area contributed by atoms with Gasteiger partial charge in [-0.25, -0.2) is 87.8 Å². The van der Waals surface area contributed by atoms with Crippen molar-refractivity contribution in [2.45, 2.75) is 15.9 Å². The van der Waals surface area contributed by atoms with Crippen LogP contribution in [0.4, 0.5) is 87.8 Å². The standard InChI is InChI=1S/C24BF20.2C7H7.C5H5.CH3O.Ti/c26-5-1(6(27)14(35)21(42)13(5)34)25(2-7(28)15(36)22(43)16(37)8(2)29,3-9(30)17(38)23(44)18(39)10(3)31)4-11(32)19(40)24(45)20(41)12(4)33;2*1-7-5-3-2-4-6-7;1-2-4-5-3-1;1-2;/h;2*2-6H,1H2;1-3H,4H2;1H3;/q-1;;;;-1;+1. The molecule has 0 unspecified atom stereocenters. The third-order valence-corrected chi connectivity index (χ3v) is 17.8. The van der Waals surface area contributed by atoms with E-state index in [0.717, 1.165) is 15.9 Å². The van der Waals surface area contributed by atoms with Crippen molar-refractivity contribution in [3.63, 3.8) is 0 Å². The summed E-state index contributed by atoms with van der Waals surface area (Å²) in [5.74, 6) is -71.4. The first-order chi connectivity index (χ1) is 31.5. The van der Waals surface area contributed by atoms with Gasteiger partial charge in [0.25, 0.3) is 0 Å². The summed E-state index contributed by atoms with van der Waals surface area (Å²) in [6.45, 7) is 0. The van der Waals surface area contributed by atoms with E-state index in [1.807, 2.05) is 7.11 Å². The van der Waals surface area contributed by atoms with Crippen LogP contribution in [0, 0.1) is 116 Å². The summed E-state index contributed by atoms with van der Waals surface area (Å²) in [4.78, 5) is 0. The topological polar surface area (TPSA) is 9.23 Å².